The maximum Gasteiger partial charge on any atom is 0.211 e. The van der Waals surface area contributed by atoms with Crippen LogP contribution in [0.2, 0.25) is 5.02 Å². The van der Waals surface area contributed by atoms with Crippen molar-refractivity contribution in [2.45, 2.75) is 19.0 Å². The molecule has 7 heteroatoms. The molecule has 0 saturated carbocycles. The van der Waals surface area contributed by atoms with Gasteiger partial charge in [0.1, 0.15) is 0 Å². The van der Waals surface area contributed by atoms with E-state index in [1.165, 1.54) is 10.6 Å². The predicted molar refractivity (Wildman–Crippen MR) is 85.8 cm³/mol. The van der Waals surface area contributed by atoms with Gasteiger partial charge in [-0.15, -0.1) is 0 Å². The zero-order valence-corrected chi connectivity index (χ0v) is 13.9. The van der Waals surface area contributed by atoms with Crippen molar-refractivity contribution in [1.29, 1.82) is 0 Å². The Balaban J connectivity index is 2.15. The van der Waals surface area contributed by atoms with Gasteiger partial charge in [0.25, 0.3) is 0 Å². The van der Waals surface area contributed by atoms with Crippen molar-refractivity contribution < 1.29 is 8.42 Å². The summed E-state index contributed by atoms with van der Waals surface area (Å²) in [4.78, 5) is 2.23. The summed E-state index contributed by atoms with van der Waals surface area (Å²) in [6, 6.07) is 7.69. The van der Waals surface area contributed by atoms with E-state index in [-0.39, 0.29) is 12.1 Å². The van der Waals surface area contributed by atoms with Crippen LogP contribution in [0, 0.1) is 0 Å². The van der Waals surface area contributed by atoms with E-state index in [0.29, 0.717) is 31.2 Å². The third kappa shape index (κ3) is 4.17. The predicted octanol–water partition coefficient (Wildman–Crippen LogP) is 1.31. The highest BCUT2D eigenvalue weighted by molar-refractivity contribution is 7.88. The van der Waals surface area contributed by atoms with Crippen molar-refractivity contribution in [1.82, 2.24) is 9.21 Å². The minimum absolute atomic E-state index is 0.0467. The van der Waals surface area contributed by atoms with Gasteiger partial charge in [0.2, 0.25) is 10.0 Å². The molecule has 1 saturated heterocycles. The van der Waals surface area contributed by atoms with Crippen molar-refractivity contribution in [2.75, 3.05) is 32.4 Å². The van der Waals surface area contributed by atoms with Gasteiger partial charge in [-0.1, -0.05) is 23.7 Å². The maximum absolute atomic E-state index is 11.6. The number of benzene rings is 1. The lowest BCUT2D eigenvalue weighted by Crippen LogP contribution is -2.52. The molecule has 0 amide bonds. The second kappa shape index (κ2) is 6.62. The Morgan fingerprint density at radius 3 is 2.33 bits per heavy atom. The Morgan fingerprint density at radius 1 is 1.24 bits per heavy atom. The van der Waals surface area contributed by atoms with Crippen LogP contribution in [0.4, 0.5) is 0 Å². The first-order valence-corrected chi connectivity index (χ1v) is 9.22. The monoisotopic (exact) mass is 331 g/mol. The minimum atomic E-state index is -3.11. The largest absolute Gasteiger partial charge is 0.326 e. The molecule has 1 heterocycles. The van der Waals surface area contributed by atoms with E-state index in [0.717, 1.165) is 5.56 Å². The number of piperazine rings is 1. The van der Waals surface area contributed by atoms with Crippen LogP contribution in [0.5, 0.6) is 0 Å². The summed E-state index contributed by atoms with van der Waals surface area (Å²) in [6.45, 7) is 4.32. The number of hydrogen-bond donors (Lipinski definition) is 1. The number of nitrogens with two attached hydrogens (primary N) is 1. The Morgan fingerprint density at radius 2 is 1.86 bits per heavy atom. The maximum atomic E-state index is 11.6. The third-order valence-electron chi connectivity index (χ3n) is 3.82. The van der Waals surface area contributed by atoms with Gasteiger partial charge in [0.15, 0.2) is 0 Å². The van der Waals surface area contributed by atoms with Gasteiger partial charge in [0.05, 0.1) is 6.26 Å². The number of nitrogens with zero attached hydrogens (tertiary/aromatic N) is 2. The molecule has 21 heavy (non-hydrogen) atoms. The van der Waals surface area contributed by atoms with Gasteiger partial charge < -0.3 is 5.73 Å². The molecule has 1 fully saturated rings. The van der Waals surface area contributed by atoms with E-state index in [4.69, 9.17) is 17.3 Å². The normalized spacial score (nSPS) is 21.1. The van der Waals surface area contributed by atoms with Crippen LogP contribution in [0.25, 0.3) is 0 Å². The van der Waals surface area contributed by atoms with Crippen molar-refractivity contribution in [3.63, 3.8) is 0 Å². The second-order valence-corrected chi connectivity index (χ2v) is 7.98. The van der Waals surface area contributed by atoms with Crippen molar-refractivity contribution in [2.24, 2.45) is 5.73 Å². The molecule has 1 aromatic rings. The van der Waals surface area contributed by atoms with Gasteiger partial charge in [-0.2, -0.15) is 4.31 Å². The molecule has 1 aliphatic heterocycles. The highest BCUT2D eigenvalue weighted by Gasteiger charge is 2.30. The number of sulfonamides is 1. The molecule has 1 aromatic carbocycles. The summed E-state index contributed by atoms with van der Waals surface area (Å²) in [5.74, 6) is 0. The highest BCUT2D eigenvalue weighted by Crippen LogP contribution is 2.27. The summed E-state index contributed by atoms with van der Waals surface area (Å²) in [6.07, 6.45) is 1.25. The fourth-order valence-corrected chi connectivity index (χ4v) is 3.88. The summed E-state index contributed by atoms with van der Waals surface area (Å²) in [7, 11) is -3.11. The van der Waals surface area contributed by atoms with Gasteiger partial charge in [-0.25, -0.2) is 8.42 Å². The lowest BCUT2D eigenvalue weighted by molar-refractivity contribution is 0.124. The third-order valence-corrected chi connectivity index (χ3v) is 5.36. The lowest BCUT2D eigenvalue weighted by atomic mass is 9.98. The van der Waals surface area contributed by atoms with Gasteiger partial charge >= 0.3 is 0 Å². The molecule has 0 aliphatic carbocycles. The van der Waals surface area contributed by atoms with E-state index >= 15 is 0 Å². The van der Waals surface area contributed by atoms with Crippen molar-refractivity contribution >= 4 is 21.6 Å². The Hall–Kier alpha value is -0.660. The minimum Gasteiger partial charge on any atom is -0.326 e. The Kier molecular flexibility index (Phi) is 5.27. The van der Waals surface area contributed by atoms with E-state index in [2.05, 4.69) is 4.90 Å². The van der Waals surface area contributed by atoms with Crippen LogP contribution in [0.15, 0.2) is 24.3 Å². The highest BCUT2D eigenvalue weighted by atomic mass is 35.5. The molecule has 1 aliphatic rings. The van der Waals surface area contributed by atoms with E-state index < -0.39 is 10.0 Å². The molecule has 2 N–H and O–H groups in total. The summed E-state index contributed by atoms with van der Waals surface area (Å²) >= 11 is 6.07. The molecule has 0 bridgehead atoms. The first kappa shape index (κ1) is 16.7. The first-order valence-electron chi connectivity index (χ1n) is 6.99. The summed E-state index contributed by atoms with van der Waals surface area (Å²) in [5, 5.41) is 0.688. The standard InChI is InChI=1S/C14H22ClN3O2S/c1-11(16)14(12-4-3-5-13(15)10-12)17-6-8-18(9-7-17)21(2,19)20/h3-5,10-11,14H,6-9,16H2,1-2H3. The van der Waals surface area contributed by atoms with Crippen LogP contribution in [0.3, 0.4) is 0 Å². The second-order valence-electron chi connectivity index (χ2n) is 5.56. The quantitative estimate of drug-likeness (QED) is 0.903. The zero-order valence-electron chi connectivity index (χ0n) is 12.4. The van der Waals surface area contributed by atoms with E-state index in [1.54, 1.807) is 0 Å². The summed E-state index contributed by atoms with van der Waals surface area (Å²) in [5.41, 5.74) is 7.23. The topological polar surface area (TPSA) is 66.6 Å². The van der Waals surface area contributed by atoms with Crippen LogP contribution in [-0.2, 0) is 10.0 Å². The number of hydrogen-bond acceptors (Lipinski definition) is 4. The molecular weight excluding hydrogens is 310 g/mol. The van der Waals surface area contributed by atoms with Crippen molar-refractivity contribution in [3.8, 4) is 0 Å². The Bertz CT molecular complexity index is 584. The smallest absolute Gasteiger partial charge is 0.211 e. The zero-order chi connectivity index (χ0) is 15.6. The molecular formula is C14H22ClN3O2S. The molecule has 2 unspecified atom stereocenters. The van der Waals surface area contributed by atoms with Crippen LogP contribution in [0.1, 0.15) is 18.5 Å². The van der Waals surface area contributed by atoms with Crippen LogP contribution >= 0.6 is 11.6 Å². The fraction of sp³-hybridized carbons (Fsp3) is 0.571. The first-order chi connectivity index (χ1) is 9.79. The summed E-state index contributed by atoms with van der Waals surface area (Å²) < 4.78 is 24.7. The molecule has 118 valence electrons. The number of halogens is 1. The molecule has 2 rings (SSSR count). The Labute approximate surface area is 131 Å². The number of rotatable bonds is 4. The molecule has 0 radical (unpaired) electrons. The average molecular weight is 332 g/mol. The van der Waals surface area contributed by atoms with Crippen LogP contribution in [-0.4, -0.2) is 56.1 Å². The van der Waals surface area contributed by atoms with E-state index in [9.17, 15) is 8.42 Å². The van der Waals surface area contributed by atoms with Crippen LogP contribution < -0.4 is 5.73 Å². The SMILES string of the molecule is CC(N)C(c1cccc(Cl)c1)N1CCN(S(C)(=O)=O)CC1. The van der Waals surface area contributed by atoms with Gasteiger partial charge in [-0.3, -0.25) is 4.90 Å². The molecule has 0 spiro atoms. The van der Waals surface area contributed by atoms with Gasteiger partial charge in [0, 0.05) is 43.3 Å². The molecule has 5 nitrogen and oxygen atoms in total. The molecule has 0 aromatic heterocycles. The van der Waals surface area contributed by atoms with E-state index in [1.807, 2.05) is 31.2 Å². The fourth-order valence-electron chi connectivity index (χ4n) is 2.85. The lowest BCUT2D eigenvalue weighted by Gasteiger charge is -2.40. The molecule has 2 atom stereocenters. The van der Waals surface area contributed by atoms with Crippen molar-refractivity contribution in [3.05, 3.63) is 34.9 Å². The average Bonchev–Trinajstić information content (AvgIpc) is 2.38. The van der Waals surface area contributed by atoms with Gasteiger partial charge in [-0.05, 0) is 24.6 Å².